The van der Waals surface area contributed by atoms with Crippen LogP contribution in [0.25, 0.3) is 12.2 Å². The normalized spacial score (nSPS) is 14.8. The first-order valence-corrected chi connectivity index (χ1v) is 7.31. The Balaban J connectivity index is 2.38. The summed E-state index contributed by atoms with van der Waals surface area (Å²) < 4.78 is 25.3. The third kappa shape index (κ3) is 1.78. The molecule has 0 fully saturated rings. The highest BCUT2D eigenvalue weighted by Crippen LogP contribution is 2.34. The molecule has 98 valence electrons. The van der Waals surface area contributed by atoms with Crippen molar-refractivity contribution in [3.05, 3.63) is 53.1 Å². The van der Waals surface area contributed by atoms with Gasteiger partial charge in [0.2, 0.25) is 9.84 Å². The van der Waals surface area contributed by atoms with Gasteiger partial charge in [-0.1, -0.05) is 18.2 Å². The predicted octanol–water partition coefficient (Wildman–Crippen LogP) is 2.58. The molecule has 4 nitrogen and oxygen atoms in total. The van der Waals surface area contributed by atoms with Crippen molar-refractivity contribution in [3.8, 4) is 11.8 Å². The van der Waals surface area contributed by atoms with Gasteiger partial charge in [-0.2, -0.15) is 5.26 Å². The van der Waals surface area contributed by atoms with Gasteiger partial charge in [0.05, 0.1) is 21.4 Å². The van der Waals surface area contributed by atoms with Crippen LogP contribution in [0.5, 0.6) is 5.75 Å². The van der Waals surface area contributed by atoms with E-state index in [1.807, 2.05) is 6.07 Å². The minimum Gasteiger partial charge on any atom is -0.508 e. The van der Waals surface area contributed by atoms with Crippen molar-refractivity contribution in [2.75, 3.05) is 0 Å². The number of phenols is 1. The maximum absolute atomic E-state index is 12.7. The summed E-state index contributed by atoms with van der Waals surface area (Å²) in [6, 6.07) is 10.6. The van der Waals surface area contributed by atoms with Gasteiger partial charge in [-0.15, -0.1) is 0 Å². The molecule has 0 atom stereocenters. The topological polar surface area (TPSA) is 78.2 Å². The molecule has 2 aromatic rings. The predicted molar refractivity (Wildman–Crippen MR) is 73.6 cm³/mol. The Labute approximate surface area is 116 Å². The lowest BCUT2D eigenvalue weighted by atomic mass is 10.1. The average Bonchev–Trinajstić information content (AvgIpc) is 2.54. The van der Waals surface area contributed by atoms with Gasteiger partial charge < -0.3 is 5.11 Å². The molecule has 1 heterocycles. The van der Waals surface area contributed by atoms with Crippen molar-refractivity contribution in [1.82, 2.24) is 0 Å². The summed E-state index contributed by atoms with van der Waals surface area (Å²) >= 11 is 0. The van der Waals surface area contributed by atoms with Gasteiger partial charge >= 0.3 is 0 Å². The van der Waals surface area contributed by atoms with E-state index < -0.39 is 9.84 Å². The van der Waals surface area contributed by atoms with Gasteiger partial charge in [0.15, 0.2) is 0 Å². The van der Waals surface area contributed by atoms with Crippen molar-refractivity contribution in [3.63, 3.8) is 0 Å². The van der Waals surface area contributed by atoms with Gasteiger partial charge in [-0.25, -0.2) is 8.42 Å². The number of nitrogens with zero attached hydrogens (tertiary/aromatic N) is 1. The van der Waals surface area contributed by atoms with Gasteiger partial charge in [0.1, 0.15) is 5.75 Å². The Morgan fingerprint density at radius 1 is 0.950 bits per heavy atom. The molecule has 1 aliphatic heterocycles. The Morgan fingerprint density at radius 2 is 1.70 bits per heavy atom. The summed E-state index contributed by atoms with van der Waals surface area (Å²) in [5.41, 5.74) is 1.25. The Hall–Kier alpha value is -2.58. The van der Waals surface area contributed by atoms with E-state index in [2.05, 4.69) is 0 Å². The zero-order valence-electron chi connectivity index (χ0n) is 10.2. The van der Waals surface area contributed by atoms with Crippen molar-refractivity contribution in [2.24, 2.45) is 0 Å². The van der Waals surface area contributed by atoms with Crippen LogP contribution in [0.1, 0.15) is 16.7 Å². The standard InChI is InChI=1S/C15H9NO3S/c16-9-10-1-2-11-3-4-12-8-13(17)5-6-14(12)20(18,19)15(11)7-10/h1-8,17H. The molecule has 0 saturated carbocycles. The van der Waals surface area contributed by atoms with Crippen LogP contribution >= 0.6 is 0 Å². The van der Waals surface area contributed by atoms with Crippen molar-refractivity contribution in [2.45, 2.75) is 9.79 Å². The fourth-order valence-electron chi connectivity index (χ4n) is 2.18. The maximum atomic E-state index is 12.7. The van der Waals surface area contributed by atoms with E-state index in [0.717, 1.165) is 0 Å². The van der Waals surface area contributed by atoms with Crippen LogP contribution < -0.4 is 0 Å². The van der Waals surface area contributed by atoms with E-state index in [1.165, 1.54) is 24.3 Å². The van der Waals surface area contributed by atoms with E-state index in [1.54, 1.807) is 24.3 Å². The molecule has 3 rings (SSSR count). The summed E-state index contributed by atoms with van der Waals surface area (Å²) in [7, 11) is -3.71. The molecule has 0 amide bonds. The molecule has 5 heteroatoms. The number of hydrogen-bond donors (Lipinski definition) is 1. The van der Waals surface area contributed by atoms with Crippen molar-refractivity contribution >= 4 is 22.0 Å². The summed E-state index contributed by atoms with van der Waals surface area (Å²) in [6.45, 7) is 0. The number of sulfone groups is 1. The Morgan fingerprint density at radius 3 is 2.45 bits per heavy atom. The number of hydrogen-bond acceptors (Lipinski definition) is 4. The SMILES string of the molecule is N#Cc1ccc2c(c1)S(=O)(=O)c1ccc(O)cc1C=C2. The average molecular weight is 283 g/mol. The first kappa shape index (κ1) is 12.5. The minimum absolute atomic E-state index is 0.00673. The second-order valence-electron chi connectivity index (χ2n) is 4.42. The molecule has 2 aromatic carbocycles. The third-order valence-electron chi connectivity index (χ3n) is 3.16. The minimum atomic E-state index is -3.71. The first-order valence-electron chi connectivity index (χ1n) is 5.83. The monoisotopic (exact) mass is 283 g/mol. The fourth-order valence-corrected chi connectivity index (χ4v) is 3.83. The van der Waals surface area contributed by atoms with E-state index in [-0.39, 0.29) is 15.5 Å². The number of benzene rings is 2. The number of fused-ring (bicyclic) bond motifs is 2. The highest BCUT2D eigenvalue weighted by Gasteiger charge is 2.25. The zero-order chi connectivity index (χ0) is 14.3. The number of nitriles is 1. The van der Waals surface area contributed by atoms with Gasteiger partial charge in [0, 0.05) is 0 Å². The molecule has 0 aromatic heterocycles. The number of rotatable bonds is 0. The summed E-state index contributed by atoms with van der Waals surface area (Å²) in [5.74, 6) is 0.00673. The van der Waals surface area contributed by atoms with E-state index in [0.29, 0.717) is 16.7 Å². The van der Waals surface area contributed by atoms with Gasteiger partial charge in [-0.3, -0.25) is 0 Å². The fraction of sp³-hybridized carbons (Fsp3) is 0. The number of aromatic hydroxyl groups is 1. The van der Waals surface area contributed by atoms with Crippen LogP contribution in [0, 0.1) is 11.3 Å². The quantitative estimate of drug-likeness (QED) is 0.687. The second kappa shape index (κ2) is 4.22. The van der Waals surface area contributed by atoms with Gasteiger partial charge in [-0.05, 0) is 41.5 Å². The van der Waals surface area contributed by atoms with Crippen LogP contribution in [-0.4, -0.2) is 13.5 Å². The molecule has 0 radical (unpaired) electrons. The zero-order valence-corrected chi connectivity index (χ0v) is 11.1. The smallest absolute Gasteiger partial charge is 0.207 e. The molecular weight excluding hydrogens is 274 g/mol. The highest BCUT2D eigenvalue weighted by molar-refractivity contribution is 7.91. The molecule has 0 unspecified atom stereocenters. The Kier molecular flexibility index (Phi) is 2.63. The third-order valence-corrected chi connectivity index (χ3v) is 5.04. The summed E-state index contributed by atoms with van der Waals surface area (Å²) in [6.07, 6.45) is 3.31. The van der Waals surface area contributed by atoms with E-state index in [4.69, 9.17) is 5.26 Å². The van der Waals surface area contributed by atoms with E-state index in [9.17, 15) is 13.5 Å². The molecule has 20 heavy (non-hydrogen) atoms. The maximum Gasteiger partial charge on any atom is 0.207 e. The van der Waals surface area contributed by atoms with Crippen LogP contribution in [0.4, 0.5) is 0 Å². The molecule has 0 aliphatic carbocycles. The molecule has 1 N–H and O–H groups in total. The lowest BCUT2D eigenvalue weighted by Gasteiger charge is -2.08. The summed E-state index contributed by atoms with van der Waals surface area (Å²) in [5, 5.41) is 18.4. The van der Waals surface area contributed by atoms with Crippen LogP contribution in [-0.2, 0) is 9.84 Å². The van der Waals surface area contributed by atoms with Crippen LogP contribution in [0.2, 0.25) is 0 Å². The second-order valence-corrected chi connectivity index (χ2v) is 6.31. The summed E-state index contributed by atoms with van der Waals surface area (Å²) in [4.78, 5) is 0.234. The first-order chi connectivity index (χ1) is 9.52. The Bertz CT molecular complexity index is 890. The van der Waals surface area contributed by atoms with Crippen LogP contribution in [0.15, 0.2) is 46.2 Å². The largest absolute Gasteiger partial charge is 0.508 e. The lowest BCUT2D eigenvalue weighted by Crippen LogP contribution is -2.05. The molecule has 0 saturated heterocycles. The number of phenolic OH excluding ortho intramolecular Hbond substituents is 1. The van der Waals surface area contributed by atoms with Gasteiger partial charge in [0.25, 0.3) is 0 Å². The van der Waals surface area contributed by atoms with Crippen molar-refractivity contribution < 1.29 is 13.5 Å². The van der Waals surface area contributed by atoms with Crippen LogP contribution in [0.3, 0.4) is 0 Å². The highest BCUT2D eigenvalue weighted by atomic mass is 32.2. The van der Waals surface area contributed by atoms with E-state index >= 15 is 0 Å². The molecule has 0 bridgehead atoms. The molecule has 1 aliphatic rings. The van der Waals surface area contributed by atoms with Crippen molar-refractivity contribution in [1.29, 1.82) is 5.26 Å². The lowest BCUT2D eigenvalue weighted by molar-refractivity contribution is 0.474. The molecular formula is C15H9NO3S. The molecule has 0 spiro atoms.